The van der Waals surface area contributed by atoms with Gasteiger partial charge in [-0.3, -0.25) is 0 Å². The number of rotatable bonds is 14. The zero-order valence-electron chi connectivity index (χ0n) is 25.5. The number of nitrogens with zero attached hydrogens (tertiary/aromatic N) is 3. The van der Waals surface area contributed by atoms with Crippen LogP contribution in [-0.4, -0.2) is 15.0 Å². The van der Waals surface area contributed by atoms with Crippen molar-refractivity contribution in [2.45, 2.75) is 78.1 Å². The molecule has 0 spiro atoms. The van der Waals surface area contributed by atoms with E-state index in [2.05, 4.69) is 80.6 Å². The van der Waals surface area contributed by atoms with Gasteiger partial charge in [-0.1, -0.05) is 113 Å². The van der Waals surface area contributed by atoms with E-state index in [1.54, 1.807) is 0 Å². The number of pyridine rings is 1. The molecular formula is C39H42IrN3-. The average Bonchev–Trinajstić information content (AvgIpc) is 3.06. The summed E-state index contributed by atoms with van der Waals surface area (Å²) in [4.78, 5) is 14.8. The van der Waals surface area contributed by atoms with Crippen molar-refractivity contribution >= 4 is 0 Å². The molecule has 0 saturated heterocycles. The molecule has 0 saturated carbocycles. The van der Waals surface area contributed by atoms with Gasteiger partial charge in [0.25, 0.3) is 0 Å². The van der Waals surface area contributed by atoms with Gasteiger partial charge in [0.1, 0.15) is 0 Å². The van der Waals surface area contributed by atoms with Gasteiger partial charge in [-0.05, 0) is 48.6 Å². The molecule has 3 nitrogen and oxygen atoms in total. The van der Waals surface area contributed by atoms with Gasteiger partial charge in [-0.25, -0.2) is 9.97 Å². The van der Waals surface area contributed by atoms with Crippen molar-refractivity contribution in [3.63, 3.8) is 0 Å². The van der Waals surface area contributed by atoms with Gasteiger partial charge in [-0.15, -0.1) is 35.9 Å². The molecule has 4 heteroatoms. The summed E-state index contributed by atoms with van der Waals surface area (Å²) >= 11 is 0. The number of hydrogen-bond acceptors (Lipinski definition) is 3. The van der Waals surface area contributed by atoms with Crippen LogP contribution in [0.3, 0.4) is 0 Å². The smallest absolute Gasteiger partial charge is 0.161 e. The normalized spacial score (nSPS) is 10.8. The summed E-state index contributed by atoms with van der Waals surface area (Å²) in [5.41, 5.74) is 9.60. The number of aryl methyl sites for hydroxylation is 2. The summed E-state index contributed by atoms with van der Waals surface area (Å²) in [6.45, 7) is 4.52. The third-order valence-electron chi connectivity index (χ3n) is 7.87. The van der Waals surface area contributed by atoms with Crippen molar-refractivity contribution in [2.24, 2.45) is 0 Å². The number of hydrogen-bond donors (Lipinski definition) is 0. The Kier molecular flexibility index (Phi) is 12.8. The number of benzene rings is 3. The fourth-order valence-electron chi connectivity index (χ4n) is 5.31. The quantitative estimate of drug-likeness (QED) is 0.0840. The van der Waals surface area contributed by atoms with Crippen molar-refractivity contribution in [1.82, 2.24) is 15.0 Å². The summed E-state index contributed by atoms with van der Waals surface area (Å²) in [5.74, 6) is 0.686. The van der Waals surface area contributed by atoms with Gasteiger partial charge >= 0.3 is 0 Å². The summed E-state index contributed by atoms with van der Waals surface area (Å²) in [5, 5.41) is 0. The van der Waals surface area contributed by atoms with Crippen LogP contribution < -0.4 is 0 Å². The van der Waals surface area contributed by atoms with Gasteiger partial charge < -0.3 is 4.98 Å². The Morgan fingerprint density at radius 2 is 1.12 bits per heavy atom. The molecule has 0 aliphatic carbocycles. The van der Waals surface area contributed by atoms with Gasteiger partial charge in [0.2, 0.25) is 0 Å². The molecule has 1 radical (unpaired) electrons. The van der Waals surface area contributed by atoms with Crippen LogP contribution in [0.15, 0.2) is 97.2 Å². The van der Waals surface area contributed by atoms with E-state index in [4.69, 9.17) is 15.0 Å². The Bertz CT molecular complexity index is 1440. The minimum Gasteiger partial charge on any atom is -0.304 e. The van der Waals surface area contributed by atoms with Crippen LogP contribution in [0.5, 0.6) is 0 Å². The first-order chi connectivity index (χ1) is 20.7. The predicted octanol–water partition coefficient (Wildman–Crippen LogP) is 10.6. The Hall–Kier alpha value is -3.46. The second-order valence-corrected chi connectivity index (χ2v) is 11.2. The van der Waals surface area contributed by atoms with Crippen LogP contribution in [0, 0.1) is 6.07 Å². The first-order valence-electron chi connectivity index (χ1n) is 15.7. The monoisotopic (exact) mass is 745 g/mol. The molecular weight excluding hydrogens is 703 g/mol. The zero-order valence-corrected chi connectivity index (χ0v) is 27.9. The molecule has 0 fully saturated rings. The van der Waals surface area contributed by atoms with E-state index in [0.29, 0.717) is 5.82 Å². The van der Waals surface area contributed by atoms with E-state index in [-0.39, 0.29) is 20.1 Å². The van der Waals surface area contributed by atoms with Gasteiger partial charge in [0.05, 0.1) is 11.4 Å². The summed E-state index contributed by atoms with van der Waals surface area (Å²) in [7, 11) is 0. The topological polar surface area (TPSA) is 38.7 Å². The molecule has 0 atom stereocenters. The molecule has 0 bridgehead atoms. The van der Waals surface area contributed by atoms with Crippen LogP contribution in [-0.2, 0) is 32.9 Å². The van der Waals surface area contributed by atoms with Crippen molar-refractivity contribution in [3.05, 3.63) is 114 Å². The van der Waals surface area contributed by atoms with Crippen molar-refractivity contribution in [3.8, 4) is 45.2 Å². The fraction of sp³-hybridized carbons (Fsp3) is 0.308. The maximum atomic E-state index is 5.03. The first kappa shape index (κ1) is 32.5. The van der Waals surface area contributed by atoms with E-state index < -0.39 is 0 Å². The minimum absolute atomic E-state index is 0. The van der Waals surface area contributed by atoms with E-state index in [1.807, 2.05) is 36.5 Å². The Morgan fingerprint density at radius 3 is 1.58 bits per heavy atom. The average molecular weight is 745 g/mol. The predicted molar refractivity (Wildman–Crippen MR) is 176 cm³/mol. The zero-order chi connectivity index (χ0) is 29.0. The van der Waals surface area contributed by atoms with E-state index >= 15 is 0 Å². The van der Waals surface area contributed by atoms with Gasteiger partial charge in [0, 0.05) is 43.0 Å². The second-order valence-electron chi connectivity index (χ2n) is 11.2. The third-order valence-corrected chi connectivity index (χ3v) is 7.87. The van der Waals surface area contributed by atoms with E-state index in [9.17, 15) is 0 Å². The molecule has 0 N–H and O–H groups in total. The molecule has 223 valence electrons. The van der Waals surface area contributed by atoms with Gasteiger partial charge in [0.15, 0.2) is 5.82 Å². The van der Waals surface area contributed by atoms with Crippen LogP contribution >= 0.6 is 0 Å². The number of unbranched alkanes of at least 4 members (excludes halogenated alkanes) is 6. The molecule has 0 amide bonds. The molecule has 0 aliphatic heterocycles. The van der Waals surface area contributed by atoms with Crippen LogP contribution in [0.25, 0.3) is 45.2 Å². The van der Waals surface area contributed by atoms with Gasteiger partial charge in [-0.2, -0.15) is 0 Å². The van der Waals surface area contributed by atoms with Crippen molar-refractivity contribution in [1.29, 1.82) is 0 Å². The largest absolute Gasteiger partial charge is 0.304 e. The molecule has 3 aromatic carbocycles. The molecule has 5 rings (SSSR count). The first-order valence-corrected chi connectivity index (χ1v) is 15.7. The van der Waals surface area contributed by atoms with E-state index in [0.717, 1.165) is 52.2 Å². The molecule has 2 aromatic heterocycles. The molecule has 5 aromatic rings. The fourth-order valence-corrected chi connectivity index (χ4v) is 5.31. The SMILES string of the molecule is CCCCCCc1ccc(-c2cc(-c3ccc(CCCCCC)cc3)nc(-c3ccc(-c4[c-]cccc4)nc3)n2)cc1.[Ir]. The summed E-state index contributed by atoms with van der Waals surface area (Å²) in [6.07, 6.45) is 14.4. The maximum Gasteiger partial charge on any atom is 0.161 e. The van der Waals surface area contributed by atoms with E-state index in [1.165, 1.54) is 62.5 Å². The minimum atomic E-state index is 0. The van der Waals surface area contributed by atoms with Crippen LogP contribution in [0.4, 0.5) is 0 Å². The summed E-state index contributed by atoms with van der Waals surface area (Å²) in [6, 6.07) is 35.2. The Labute approximate surface area is 271 Å². The summed E-state index contributed by atoms with van der Waals surface area (Å²) < 4.78 is 0. The molecule has 43 heavy (non-hydrogen) atoms. The van der Waals surface area contributed by atoms with Crippen molar-refractivity contribution in [2.75, 3.05) is 0 Å². The van der Waals surface area contributed by atoms with Crippen molar-refractivity contribution < 1.29 is 20.1 Å². The molecule has 0 unspecified atom stereocenters. The Balaban J connectivity index is 0.00000423. The second kappa shape index (κ2) is 17.0. The number of aromatic nitrogens is 3. The maximum absolute atomic E-state index is 5.03. The molecule has 0 aliphatic rings. The van der Waals surface area contributed by atoms with Crippen LogP contribution in [0.1, 0.15) is 76.3 Å². The Morgan fingerprint density at radius 1 is 0.558 bits per heavy atom. The third kappa shape index (κ3) is 9.26. The standard InChI is InChI=1S/C39H42N3.Ir/c1-3-5-7-10-14-30-18-22-33(23-19-30)37-28-38(34-24-20-31(21-25-34)15-11-8-6-4-2)42-39(41-37)35-26-27-36(40-29-35)32-16-12-9-13-17-32;/h9,12-13,16,18-29H,3-8,10-11,14-15H2,1-2H3;/q-1;. The van der Waals surface area contributed by atoms with Crippen LogP contribution in [0.2, 0.25) is 0 Å². The molecule has 2 heterocycles.